The molecule has 2 amide bonds. The SMILES string of the molecule is COc1cc(-c2ccc3c(c2)Nc2cc(CC(=O)NCCCn4ccnc4)ccc2NC3=O)ccc1[N+](=O)[O-]. The highest BCUT2D eigenvalue weighted by molar-refractivity contribution is 6.12. The molecule has 0 radical (unpaired) electrons. The van der Waals surface area contributed by atoms with Crippen LogP contribution in [0.15, 0.2) is 73.3 Å². The molecule has 3 aromatic carbocycles. The van der Waals surface area contributed by atoms with Gasteiger partial charge < -0.3 is 25.3 Å². The highest BCUT2D eigenvalue weighted by atomic mass is 16.6. The number of aryl methyl sites for hydroxylation is 1. The van der Waals surface area contributed by atoms with Crippen molar-refractivity contribution < 1.29 is 19.2 Å². The summed E-state index contributed by atoms with van der Waals surface area (Å²) in [5.41, 5.74) is 4.38. The van der Waals surface area contributed by atoms with Crippen molar-refractivity contribution in [2.45, 2.75) is 19.4 Å². The fraction of sp³-hybridized carbons (Fsp3) is 0.179. The summed E-state index contributed by atoms with van der Waals surface area (Å²) in [6.45, 7) is 1.33. The molecule has 11 nitrogen and oxygen atoms in total. The lowest BCUT2D eigenvalue weighted by Crippen LogP contribution is -2.26. The summed E-state index contributed by atoms with van der Waals surface area (Å²) >= 11 is 0. The van der Waals surface area contributed by atoms with Crippen LogP contribution in [0, 0.1) is 10.1 Å². The number of aromatic nitrogens is 2. The van der Waals surface area contributed by atoms with E-state index in [9.17, 15) is 19.7 Å². The number of amides is 2. The maximum absolute atomic E-state index is 12.9. The van der Waals surface area contributed by atoms with E-state index in [1.54, 1.807) is 42.9 Å². The molecule has 39 heavy (non-hydrogen) atoms. The summed E-state index contributed by atoms with van der Waals surface area (Å²) in [5.74, 6) is -0.214. The minimum atomic E-state index is -0.498. The topological polar surface area (TPSA) is 140 Å². The van der Waals surface area contributed by atoms with Crippen LogP contribution in [-0.2, 0) is 17.8 Å². The number of carbonyl (C=O) groups excluding carboxylic acids is 2. The number of nitrogens with zero attached hydrogens (tertiary/aromatic N) is 3. The number of nitro groups is 1. The van der Waals surface area contributed by atoms with Crippen molar-refractivity contribution in [2.24, 2.45) is 0 Å². The van der Waals surface area contributed by atoms with Crippen LogP contribution in [0.2, 0.25) is 0 Å². The fourth-order valence-corrected chi connectivity index (χ4v) is 4.44. The molecule has 198 valence electrons. The third-order valence-electron chi connectivity index (χ3n) is 6.41. The maximum Gasteiger partial charge on any atom is 0.310 e. The first kappa shape index (κ1) is 25.5. The van der Waals surface area contributed by atoms with Crippen molar-refractivity contribution in [3.8, 4) is 16.9 Å². The van der Waals surface area contributed by atoms with Crippen molar-refractivity contribution >= 4 is 34.6 Å². The van der Waals surface area contributed by atoms with Gasteiger partial charge in [-0.25, -0.2) is 4.98 Å². The Labute approximate surface area is 224 Å². The lowest BCUT2D eigenvalue weighted by atomic mass is 10.0. The van der Waals surface area contributed by atoms with E-state index < -0.39 is 4.92 Å². The second kappa shape index (κ2) is 11.1. The van der Waals surface area contributed by atoms with Gasteiger partial charge in [-0.05, 0) is 59.5 Å². The molecule has 0 unspecified atom stereocenters. The maximum atomic E-state index is 12.9. The Bertz CT molecular complexity index is 1550. The summed E-state index contributed by atoms with van der Waals surface area (Å²) in [4.78, 5) is 40.2. The molecule has 4 aromatic rings. The number of ether oxygens (including phenoxy) is 1. The van der Waals surface area contributed by atoms with Gasteiger partial charge >= 0.3 is 5.69 Å². The number of methoxy groups -OCH3 is 1. The number of anilines is 3. The molecule has 3 N–H and O–H groups in total. The molecule has 1 aliphatic rings. The smallest absolute Gasteiger partial charge is 0.310 e. The van der Waals surface area contributed by atoms with Gasteiger partial charge in [-0.3, -0.25) is 19.7 Å². The summed E-state index contributed by atoms with van der Waals surface area (Å²) in [6.07, 6.45) is 6.34. The van der Waals surface area contributed by atoms with E-state index in [4.69, 9.17) is 4.74 Å². The molecule has 0 bridgehead atoms. The summed E-state index contributed by atoms with van der Waals surface area (Å²) in [7, 11) is 1.38. The molecule has 0 fully saturated rings. The standard InChI is InChI=1S/C28H26N6O5/c1-39-26-16-20(5-8-25(26)34(37)38)19-4-6-21-23(15-19)31-24-13-18(3-7-22(24)32-28(21)36)14-27(35)30-9-2-11-33-12-10-29-17-33/h3-8,10,12-13,15-17,31H,2,9,11,14H2,1H3,(H,30,35)(H,32,36). The largest absolute Gasteiger partial charge is 0.490 e. The van der Waals surface area contributed by atoms with Gasteiger partial charge in [0.15, 0.2) is 5.75 Å². The van der Waals surface area contributed by atoms with Crippen LogP contribution in [0.25, 0.3) is 11.1 Å². The molecule has 0 saturated carbocycles. The number of hydrogen-bond donors (Lipinski definition) is 3. The first-order valence-electron chi connectivity index (χ1n) is 12.3. The Morgan fingerprint density at radius 2 is 1.87 bits per heavy atom. The third kappa shape index (κ3) is 5.72. The average molecular weight is 527 g/mol. The monoisotopic (exact) mass is 526 g/mol. The van der Waals surface area contributed by atoms with E-state index >= 15 is 0 Å². The number of nitrogens with one attached hydrogen (secondary N) is 3. The number of hydrogen-bond acceptors (Lipinski definition) is 7. The number of benzene rings is 3. The third-order valence-corrected chi connectivity index (χ3v) is 6.41. The van der Waals surface area contributed by atoms with Crippen molar-refractivity contribution in [3.63, 3.8) is 0 Å². The van der Waals surface area contributed by atoms with Crippen LogP contribution in [0.5, 0.6) is 5.75 Å². The molecule has 0 atom stereocenters. The minimum Gasteiger partial charge on any atom is -0.490 e. The number of imidazole rings is 1. The van der Waals surface area contributed by atoms with Crippen molar-refractivity contribution in [1.29, 1.82) is 0 Å². The fourth-order valence-electron chi connectivity index (χ4n) is 4.44. The van der Waals surface area contributed by atoms with E-state index in [2.05, 4.69) is 20.9 Å². The van der Waals surface area contributed by atoms with E-state index in [1.807, 2.05) is 29.0 Å². The van der Waals surface area contributed by atoms with Gasteiger partial charge in [0, 0.05) is 31.5 Å². The van der Waals surface area contributed by atoms with Crippen LogP contribution in [0.1, 0.15) is 22.3 Å². The van der Waals surface area contributed by atoms with Gasteiger partial charge in [0.2, 0.25) is 5.91 Å². The van der Waals surface area contributed by atoms with Crippen LogP contribution < -0.4 is 20.7 Å². The molecule has 2 heterocycles. The predicted molar refractivity (Wildman–Crippen MR) is 146 cm³/mol. The summed E-state index contributed by atoms with van der Waals surface area (Å²) < 4.78 is 7.16. The van der Waals surface area contributed by atoms with Crippen LogP contribution >= 0.6 is 0 Å². The Hall–Kier alpha value is -5.19. The van der Waals surface area contributed by atoms with Crippen molar-refractivity contribution in [3.05, 3.63) is 94.6 Å². The zero-order valence-corrected chi connectivity index (χ0v) is 21.1. The number of nitro benzene ring substituents is 1. The van der Waals surface area contributed by atoms with Crippen LogP contribution in [0.3, 0.4) is 0 Å². The van der Waals surface area contributed by atoms with Crippen molar-refractivity contribution in [1.82, 2.24) is 14.9 Å². The highest BCUT2D eigenvalue weighted by Gasteiger charge is 2.21. The molecule has 0 aliphatic carbocycles. The first-order valence-corrected chi connectivity index (χ1v) is 12.3. The van der Waals surface area contributed by atoms with Crippen LogP contribution in [0.4, 0.5) is 22.7 Å². The Balaban J connectivity index is 1.32. The molecule has 0 saturated heterocycles. The van der Waals surface area contributed by atoms with Crippen molar-refractivity contribution in [2.75, 3.05) is 24.3 Å². The summed E-state index contributed by atoms with van der Waals surface area (Å²) in [6, 6.07) is 15.3. The summed E-state index contributed by atoms with van der Waals surface area (Å²) in [5, 5.41) is 20.4. The lowest BCUT2D eigenvalue weighted by molar-refractivity contribution is -0.385. The molecular formula is C28H26N6O5. The second-order valence-electron chi connectivity index (χ2n) is 9.04. The van der Waals surface area contributed by atoms with Crippen LogP contribution in [-0.4, -0.2) is 39.9 Å². The van der Waals surface area contributed by atoms with E-state index in [1.165, 1.54) is 13.2 Å². The minimum absolute atomic E-state index is 0.0898. The van der Waals surface area contributed by atoms with Gasteiger partial charge in [-0.15, -0.1) is 0 Å². The first-order chi connectivity index (χ1) is 18.9. The Morgan fingerprint density at radius 3 is 2.64 bits per heavy atom. The molecule has 0 spiro atoms. The van der Waals surface area contributed by atoms with E-state index in [0.29, 0.717) is 34.7 Å². The van der Waals surface area contributed by atoms with Gasteiger partial charge in [-0.2, -0.15) is 0 Å². The van der Waals surface area contributed by atoms with Gasteiger partial charge in [0.05, 0.1) is 47.4 Å². The second-order valence-corrected chi connectivity index (χ2v) is 9.04. The lowest BCUT2D eigenvalue weighted by Gasteiger charge is -2.13. The van der Waals surface area contributed by atoms with Gasteiger partial charge in [0.25, 0.3) is 5.91 Å². The van der Waals surface area contributed by atoms with E-state index in [0.717, 1.165) is 24.1 Å². The number of fused-ring (bicyclic) bond motifs is 2. The van der Waals surface area contributed by atoms with E-state index in [-0.39, 0.29) is 29.7 Å². The molecule has 1 aromatic heterocycles. The van der Waals surface area contributed by atoms with Gasteiger partial charge in [-0.1, -0.05) is 12.1 Å². The average Bonchev–Trinajstić information content (AvgIpc) is 3.41. The Morgan fingerprint density at radius 1 is 1.05 bits per heavy atom. The molecule has 1 aliphatic heterocycles. The highest BCUT2D eigenvalue weighted by Crippen LogP contribution is 2.37. The molecule has 5 rings (SSSR count). The quantitative estimate of drug-likeness (QED) is 0.165. The zero-order valence-electron chi connectivity index (χ0n) is 21.1. The zero-order chi connectivity index (χ0) is 27.4. The predicted octanol–water partition coefficient (Wildman–Crippen LogP) is 4.53. The molecule has 11 heteroatoms. The number of carbonyl (C=O) groups is 2. The van der Waals surface area contributed by atoms with Gasteiger partial charge in [0.1, 0.15) is 0 Å². The normalized spacial score (nSPS) is 11.9. The number of rotatable bonds is 9. The molecular weight excluding hydrogens is 500 g/mol. The Kier molecular flexibility index (Phi) is 7.21.